The summed E-state index contributed by atoms with van der Waals surface area (Å²) >= 11 is 7.36. The van der Waals surface area contributed by atoms with Gasteiger partial charge in [-0.2, -0.15) is 0 Å². The van der Waals surface area contributed by atoms with Crippen LogP contribution in [0.25, 0.3) is 0 Å². The number of halogens is 1. The zero-order valence-corrected chi connectivity index (χ0v) is 10.7. The molecular weight excluding hydrogens is 246 g/mol. The molecule has 0 radical (unpaired) electrons. The molecule has 0 saturated carbocycles. The van der Waals surface area contributed by atoms with E-state index in [1.807, 2.05) is 17.0 Å². The van der Waals surface area contributed by atoms with Crippen LogP contribution in [0.3, 0.4) is 0 Å². The highest BCUT2D eigenvalue weighted by Gasteiger charge is 2.11. The van der Waals surface area contributed by atoms with Crippen LogP contribution in [-0.4, -0.2) is 31.1 Å². The van der Waals surface area contributed by atoms with E-state index in [2.05, 4.69) is 11.3 Å². The van der Waals surface area contributed by atoms with Crippen LogP contribution < -0.4 is 0 Å². The second kappa shape index (κ2) is 6.68. The molecular formula is C11H14ClNO2S. The first-order valence-electron chi connectivity index (χ1n) is 4.80. The second-order valence-corrected chi connectivity index (χ2v) is 5.04. The first kappa shape index (κ1) is 13.2. The number of rotatable bonds is 6. The van der Waals surface area contributed by atoms with Crippen molar-refractivity contribution < 1.29 is 9.53 Å². The molecule has 1 aromatic heterocycles. The highest BCUT2D eigenvalue weighted by atomic mass is 35.5. The molecule has 0 bridgehead atoms. The van der Waals surface area contributed by atoms with Crippen molar-refractivity contribution in [3.8, 4) is 0 Å². The number of hydrogen-bond acceptors (Lipinski definition) is 4. The fourth-order valence-corrected chi connectivity index (χ4v) is 2.40. The molecule has 5 heteroatoms. The van der Waals surface area contributed by atoms with Crippen LogP contribution in [-0.2, 0) is 16.1 Å². The molecule has 1 rings (SSSR count). The van der Waals surface area contributed by atoms with E-state index in [-0.39, 0.29) is 12.5 Å². The van der Waals surface area contributed by atoms with Gasteiger partial charge in [0.05, 0.1) is 18.0 Å². The number of carbonyl (C=O) groups is 1. The quantitative estimate of drug-likeness (QED) is 0.581. The lowest BCUT2D eigenvalue weighted by Gasteiger charge is -2.17. The average molecular weight is 260 g/mol. The molecule has 0 aliphatic rings. The van der Waals surface area contributed by atoms with Crippen molar-refractivity contribution in [3.05, 3.63) is 34.0 Å². The van der Waals surface area contributed by atoms with E-state index in [4.69, 9.17) is 11.6 Å². The topological polar surface area (TPSA) is 29.5 Å². The van der Waals surface area contributed by atoms with E-state index in [9.17, 15) is 4.79 Å². The van der Waals surface area contributed by atoms with Crippen molar-refractivity contribution >= 4 is 28.9 Å². The molecule has 3 nitrogen and oxygen atoms in total. The number of carbonyl (C=O) groups excluding carboxylic acids is 1. The monoisotopic (exact) mass is 259 g/mol. The Bertz CT molecular complexity index is 365. The number of thiophene rings is 1. The highest BCUT2D eigenvalue weighted by Crippen LogP contribution is 2.22. The van der Waals surface area contributed by atoms with E-state index in [0.29, 0.717) is 13.1 Å². The standard InChI is InChI=1S/C11H14ClNO2S/c1-3-6-13(8-11(14)15-2)7-9-4-5-10(12)16-9/h3-5H,1,6-8H2,2H3. The van der Waals surface area contributed by atoms with E-state index in [0.717, 1.165) is 9.21 Å². The third kappa shape index (κ3) is 4.35. The van der Waals surface area contributed by atoms with E-state index < -0.39 is 0 Å². The summed E-state index contributed by atoms with van der Waals surface area (Å²) < 4.78 is 5.39. The fraction of sp³-hybridized carbons (Fsp3) is 0.364. The van der Waals surface area contributed by atoms with E-state index in [1.165, 1.54) is 18.4 Å². The third-order valence-electron chi connectivity index (χ3n) is 1.98. The van der Waals surface area contributed by atoms with Gasteiger partial charge >= 0.3 is 5.97 Å². The molecule has 16 heavy (non-hydrogen) atoms. The molecule has 0 unspecified atom stereocenters. The molecule has 1 aromatic rings. The van der Waals surface area contributed by atoms with Crippen LogP contribution >= 0.6 is 22.9 Å². The first-order chi connectivity index (χ1) is 7.65. The molecule has 0 atom stereocenters. The lowest BCUT2D eigenvalue weighted by atomic mass is 10.4. The summed E-state index contributed by atoms with van der Waals surface area (Å²) in [6.07, 6.45) is 1.76. The minimum absolute atomic E-state index is 0.246. The summed E-state index contributed by atoms with van der Waals surface area (Å²) in [5, 5.41) is 0. The summed E-state index contributed by atoms with van der Waals surface area (Å²) in [7, 11) is 1.39. The molecule has 0 aliphatic heterocycles. The Hall–Kier alpha value is -0.840. The summed E-state index contributed by atoms with van der Waals surface area (Å²) in [5.41, 5.74) is 0. The molecule has 0 amide bonds. The van der Waals surface area contributed by atoms with Crippen LogP contribution in [0.5, 0.6) is 0 Å². The summed E-state index contributed by atoms with van der Waals surface area (Å²) in [5.74, 6) is -0.246. The molecule has 88 valence electrons. The van der Waals surface area contributed by atoms with Crippen molar-refractivity contribution in [2.24, 2.45) is 0 Å². The highest BCUT2D eigenvalue weighted by molar-refractivity contribution is 7.16. The van der Waals surface area contributed by atoms with Gasteiger partial charge in [-0.25, -0.2) is 0 Å². The van der Waals surface area contributed by atoms with Gasteiger partial charge in [-0.1, -0.05) is 17.7 Å². The Labute approximate surface area is 104 Å². The van der Waals surface area contributed by atoms with E-state index in [1.54, 1.807) is 6.08 Å². The minimum Gasteiger partial charge on any atom is -0.468 e. The Morgan fingerprint density at radius 3 is 2.94 bits per heavy atom. The maximum Gasteiger partial charge on any atom is 0.319 e. The average Bonchev–Trinajstić information content (AvgIpc) is 2.64. The Morgan fingerprint density at radius 2 is 2.44 bits per heavy atom. The molecule has 0 fully saturated rings. The Balaban J connectivity index is 2.56. The summed E-state index contributed by atoms with van der Waals surface area (Å²) in [6.45, 7) is 5.25. The number of nitrogens with zero attached hydrogens (tertiary/aromatic N) is 1. The van der Waals surface area contributed by atoms with Crippen molar-refractivity contribution in [3.63, 3.8) is 0 Å². The molecule has 0 spiro atoms. The number of esters is 1. The zero-order chi connectivity index (χ0) is 12.0. The summed E-state index contributed by atoms with van der Waals surface area (Å²) in [6, 6.07) is 3.81. The van der Waals surface area contributed by atoms with Crippen LogP contribution in [0.4, 0.5) is 0 Å². The van der Waals surface area contributed by atoms with Gasteiger partial charge in [0.25, 0.3) is 0 Å². The van der Waals surface area contributed by atoms with Crippen LogP contribution in [0.1, 0.15) is 4.88 Å². The van der Waals surface area contributed by atoms with Gasteiger partial charge < -0.3 is 4.74 Å². The number of ether oxygens (including phenoxy) is 1. The van der Waals surface area contributed by atoms with Gasteiger partial charge in [0.15, 0.2) is 0 Å². The molecule has 0 N–H and O–H groups in total. The third-order valence-corrected chi connectivity index (χ3v) is 3.19. The summed E-state index contributed by atoms with van der Waals surface area (Å²) in [4.78, 5) is 14.2. The van der Waals surface area contributed by atoms with Crippen LogP contribution in [0.15, 0.2) is 24.8 Å². The van der Waals surface area contributed by atoms with Crippen molar-refractivity contribution in [2.75, 3.05) is 20.2 Å². The van der Waals surface area contributed by atoms with Gasteiger partial charge in [0, 0.05) is 18.0 Å². The minimum atomic E-state index is -0.246. The van der Waals surface area contributed by atoms with Gasteiger partial charge in [-0.15, -0.1) is 17.9 Å². The SMILES string of the molecule is C=CCN(CC(=O)OC)Cc1ccc(Cl)s1. The molecule has 0 aliphatic carbocycles. The molecule has 1 heterocycles. The second-order valence-electron chi connectivity index (χ2n) is 3.24. The van der Waals surface area contributed by atoms with Crippen LogP contribution in [0.2, 0.25) is 4.34 Å². The Morgan fingerprint density at radius 1 is 1.69 bits per heavy atom. The lowest BCUT2D eigenvalue weighted by molar-refractivity contribution is -0.141. The predicted molar refractivity (Wildman–Crippen MR) is 66.8 cm³/mol. The largest absolute Gasteiger partial charge is 0.468 e. The smallest absolute Gasteiger partial charge is 0.319 e. The fourth-order valence-electron chi connectivity index (χ4n) is 1.27. The Kier molecular flexibility index (Phi) is 5.52. The van der Waals surface area contributed by atoms with Crippen molar-refractivity contribution in [1.82, 2.24) is 4.90 Å². The maximum atomic E-state index is 11.2. The predicted octanol–water partition coefficient (Wildman–Crippen LogP) is 2.56. The maximum absolute atomic E-state index is 11.2. The molecule has 0 aromatic carbocycles. The van der Waals surface area contributed by atoms with Gasteiger partial charge in [-0.3, -0.25) is 9.69 Å². The molecule has 0 saturated heterocycles. The van der Waals surface area contributed by atoms with Crippen molar-refractivity contribution in [2.45, 2.75) is 6.54 Å². The van der Waals surface area contributed by atoms with Crippen LogP contribution in [0, 0.1) is 0 Å². The zero-order valence-electron chi connectivity index (χ0n) is 9.11. The number of hydrogen-bond donors (Lipinski definition) is 0. The normalized spacial score (nSPS) is 10.4. The van der Waals surface area contributed by atoms with Gasteiger partial charge in [-0.05, 0) is 12.1 Å². The lowest BCUT2D eigenvalue weighted by Crippen LogP contribution is -2.30. The van der Waals surface area contributed by atoms with E-state index >= 15 is 0 Å². The number of methoxy groups -OCH3 is 1. The van der Waals surface area contributed by atoms with Gasteiger partial charge in [0.1, 0.15) is 0 Å². The van der Waals surface area contributed by atoms with Crippen molar-refractivity contribution in [1.29, 1.82) is 0 Å². The first-order valence-corrected chi connectivity index (χ1v) is 5.99. The van der Waals surface area contributed by atoms with Gasteiger partial charge in [0.2, 0.25) is 0 Å².